The molecule has 4 nitrogen and oxygen atoms in total. The number of hydrogen-bond donors (Lipinski definition) is 1. The molecule has 2 atom stereocenters. The van der Waals surface area contributed by atoms with E-state index in [9.17, 15) is 10.1 Å². The van der Waals surface area contributed by atoms with Gasteiger partial charge in [-0.15, -0.1) is 0 Å². The van der Waals surface area contributed by atoms with E-state index in [0.29, 0.717) is 11.8 Å². The number of nitrogens with zero attached hydrogens (tertiary/aromatic N) is 1. The van der Waals surface area contributed by atoms with Crippen LogP contribution in [0.3, 0.4) is 0 Å². The van der Waals surface area contributed by atoms with Gasteiger partial charge in [0.2, 0.25) is 0 Å². The van der Waals surface area contributed by atoms with Crippen molar-refractivity contribution < 1.29 is 4.92 Å². The van der Waals surface area contributed by atoms with Crippen molar-refractivity contribution in [2.45, 2.75) is 33.2 Å². The molecule has 0 spiro atoms. The van der Waals surface area contributed by atoms with E-state index in [1.807, 2.05) is 0 Å². The molecule has 0 saturated heterocycles. The van der Waals surface area contributed by atoms with E-state index >= 15 is 0 Å². The van der Waals surface area contributed by atoms with Gasteiger partial charge in [-0.25, -0.2) is 0 Å². The fourth-order valence-corrected chi connectivity index (χ4v) is 1.71. The molecule has 2 N–H and O–H groups in total. The molecule has 2 unspecified atom stereocenters. The van der Waals surface area contributed by atoms with Gasteiger partial charge in [0.15, 0.2) is 0 Å². The lowest BCUT2D eigenvalue weighted by Gasteiger charge is -2.23. The highest BCUT2D eigenvalue weighted by molar-refractivity contribution is 5.33. The van der Waals surface area contributed by atoms with E-state index in [4.69, 9.17) is 5.73 Å². The third-order valence-corrected chi connectivity index (χ3v) is 3.35. The smallest absolute Gasteiger partial charge is 0.269 e. The summed E-state index contributed by atoms with van der Waals surface area (Å²) >= 11 is 0. The molecule has 0 fully saturated rings. The van der Waals surface area contributed by atoms with E-state index in [-0.39, 0.29) is 16.7 Å². The summed E-state index contributed by atoms with van der Waals surface area (Å²) in [5, 5.41) is 10.5. The van der Waals surface area contributed by atoms with Crippen LogP contribution < -0.4 is 5.73 Å². The highest BCUT2D eigenvalue weighted by Crippen LogP contribution is 2.18. The Labute approximate surface area is 102 Å². The van der Waals surface area contributed by atoms with Crippen LogP contribution >= 0.6 is 0 Å². The summed E-state index contributed by atoms with van der Waals surface area (Å²) in [7, 11) is 0. The topological polar surface area (TPSA) is 69.2 Å². The molecule has 1 rings (SSSR count). The molecule has 0 aliphatic heterocycles. The molecular formula is C13H20N2O2. The summed E-state index contributed by atoms with van der Waals surface area (Å²) in [5.74, 6) is 0.980. The molecule has 0 bridgehead atoms. The first kappa shape index (κ1) is 13.6. The fraction of sp³-hybridized carbons (Fsp3) is 0.538. The van der Waals surface area contributed by atoms with Crippen LogP contribution in [0.25, 0.3) is 0 Å². The maximum atomic E-state index is 10.5. The van der Waals surface area contributed by atoms with Gasteiger partial charge in [-0.2, -0.15) is 0 Å². The second-order valence-corrected chi connectivity index (χ2v) is 4.89. The molecule has 1 aromatic carbocycles. The highest BCUT2D eigenvalue weighted by Gasteiger charge is 2.16. The zero-order valence-corrected chi connectivity index (χ0v) is 10.6. The second kappa shape index (κ2) is 5.77. The maximum absolute atomic E-state index is 10.5. The van der Waals surface area contributed by atoms with Gasteiger partial charge < -0.3 is 5.73 Å². The predicted octanol–water partition coefficient (Wildman–Crippen LogP) is 2.76. The summed E-state index contributed by atoms with van der Waals surface area (Å²) in [6, 6.07) is 6.72. The van der Waals surface area contributed by atoms with Crippen molar-refractivity contribution >= 4 is 5.69 Å². The van der Waals surface area contributed by atoms with Gasteiger partial charge in [-0.1, -0.05) is 32.9 Å². The number of rotatable bonds is 5. The molecule has 94 valence electrons. The number of non-ortho nitro benzene ring substituents is 1. The average Bonchev–Trinajstić information content (AvgIpc) is 2.28. The van der Waals surface area contributed by atoms with E-state index in [0.717, 1.165) is 12.0 Å². The van der Waals surface area contributed by atoms with Crippen LogP contribution in [0.1, 0.15) is 26.3 Å². The Morgan fingerprint density at radius 1 is 1.24 bits per heavy atom. The van der Waals surface area contributed by atoms with E-state index in [1.165, 1.54) is 12.1 Å². The monoisotopic (exact) mass is 236 g/mol. The van der Waals surface area contributed by atoms with E-state index < -0.39 is 0 Å². The number of nitro benzene ring substituents is 1. The van der Waals surface area contributed by atoms with Crippen LogP contribution in [0, 0.1) is 22.0 Å². The Morgan fingerprint density at radius 3 is 2.18 bits per heavy atom. The van der Waals surface area contributed by atoms with Gasteiger partial charge in [0.05, 0.1) is 4.92 Å². The van der Waals surface area contributed by atoms with Crippen molar-refractivity contribution in [3.05, 3.63) is 39.9 Å². The lowest BCUT2D eigenvalue weighted by molar-refractivity contribution is -0.384. The van der Waals surface area contributed by atoms with Crippen LogP contribution in [0.2, 0.25) is 0 Å². The van der Waals surface area contributed by atoms with Crippen LogP contribution in [0.5, 0.6) is 0 Å². The molecule has 0 aliphatic rings. The van der Waals surface area contributed by atoms with Gasteiger partial charge in [-0.3, -0.25) is 10.1 Å². The Morgan fingerprint density at radius 2 is 1.76 bits per heavy atom. The van der Waals surface area contributed by atoms with Crippen molar-refractivity contribution in [1.29, 1.82) is 0 Å². The van der Waals surface area contributed by atoms with Crippen LogP contribution in [-0.4, -0.2) is 11.0 Å². The Hall–Kier alpha value is -1.42. The van der Waals surface area contributed by atoms with Crippen molar-refractivity contribution in [3.63, 3.8) is 0 Å². The molecule has 0 radical (unpaired) electrons. The second-order valence-electron chi connectivity index (χ2n) is 4.89. The lowest BCUT2D eigenvalue weighted by atomic mass is 9.87. The minimum absolute atomic E-state index is 0.0939. The fourth-order valence-electron chi connectivity index (χ4n) is 1.71. The highest BCUT2D eigenvalue weighted by atomic mass is 16.6. The summed E-state index contributed by atoms with van der Waals surface area (Å²) in [6.45, 7) is 6.45. The predicted molar refractivity (Wildman–Crippen MR) is 68.8 cm³/mol. The van der Waals surface area contributed by atoms with Crippen molar-refractivity contribution in [1.82, 2.24) is 0 Å². The summed E-state index contributed by atoms with van der Waals surface area (Å²) < 4.78 is 0. The SMILES string of the molecule is CC(C)C(C)C(N)Cc1ccc([N+](=O)[O-])cc1. The maximum Gasteiger partial charge on any atom is 0.269 e. The normalized spacial score (nSPS) is 14.6. The Kier molecular flexibility index (Phi) is 4.63. The first-order valence-corrected chi connectivity index (χ1v) is 5.90. The molecule has 17 heavy (non-hydrogen) atoms. The summed E-state index contributed by atoms with van der Waals surface area (Å²) in [6.07, 6.45) is 0.761. The van der Waals surface area contributed by atoms with Crippen LogP contribution in [-0.2, 0) is 6.42 Å². The van der Waals surface area contributed by atoms with Crippen LogP contribution in [0.4, 0.5) is 5.69 Å². The van der Waals surface area contributed by atoms with Gasteiger partial charge >= 0.3 is 0 Å². The molecule has 0 aromatic heterocycles. The first-order chi connectivity index (χ1) is 7.91. The number of hydrogen-bond acceptors (Lipinski definition) is 3. The average molecular weight is 236 g/mol. The van der Waals surface area contributed by atoms with Crippen molar-refractivity contribution in [3.8, 4) is 0 Å². The lowest BCUT2D eigenvalue weighted by Crippen LogP contribution is -2.33. The molecule has 0 aliphatic carbocycles. The summed E-state index contributed by atoms with van der Waals surface area (Å²) in [4.78, 5) is 10.1. The molecule has 4 heteroatoms. The van der Waals surface area contributed by atoms with Gasteiger partial charge in [0.25, 0.3) is 5.69 Å². The number of nitrogens with two attached hydrogens (primary N) is 1. The molecule has 0 amide bonds. The van der Waals surface area contributed by atoms with E-state index in [2.05, 4.69) is 20.8 Å². The van der Waals surface area contributed by atoms with Crippen molar-refractivity contribution in [2.75, 3.05) is 0 Å². The quantitative estimate of drug-likeness (QED) is 0.631. The van der Waals surface area contributed by atoms with Gasteiger partial charge in [0.1, 0.15) is 0 Å². The zero-order valence-electron chi connectivity index (χ0n) is 10.6. The van der Waals surface area contributed by atoms with Gasteiger partial charge in [-0.05, 0) is 23.8 Å². The number of benzene rings is 1. The third-order valence-electron chi connectivity index (χ3n) is 3.35. The third kappa shape index (κ3) is 3.82. The van der Waals surface area contributed by atoms with Crippen molar-refractivity contribution in [2.24, 2.45) is 17.6 Å². The Balaban J connectivity index is 2.66. The minimum Gasteiger partial charge on any atom is -0.327 e. The number of nitro groups is 1. The largest absolute Gasteiger partial charge is 0.327 e. The minimum atomic E-state index is -0.388. The van der Waals surface area contributed by atoms with Gasteiger partial charge in [0, 0.05) is 18.2 Å². The molecule has 1 aromatic rings. The van der Waals surface area contributed by atoms with Crippen LogP contribution in [0.15, 0.2) is 24.3 Å². The first-order valence-electron chi connectivity index (χ1n) is 5.90. The zero-order chi connectivity index (χ0) is 13.0. The molecular weight excluding hydrogens is 216 g/mol. The molecule has 0 heterocycles. The summed E-state index contributed by atoms with van der Waals surface area (Å²) in [5.41, 5.74) is 7.29. The molecule has 0 saturated carbocycles. The van der Waals surface area contributed by atoms with E-state index in [1.54, 1.807) is 12.1 Å². The Bertz CT molecular complexity index is 374. The standard InChI is InChI=1S/C13H20N2O2/c1-9(2)10(3)13(14)8-11-4-6-12(7-5-11)15(16)17/h4-7,9-10,13H,8,14H2,1-3H3.